The lowest BCUT2D eigenvalue weighted by Crippen LogP contribution is -2.19. The summed E-state index contributed by atoms with van der Waals surface area (Å²) in [6, 6.07) is 14.4. The number of hydrogen-bond acceptors (Lipinski definition) is 6. The summed E-state index contributed by atoms with van der Waals surface area (Å²) in [4.78, 5) is 19.3. The van der Waals surface area contributed by atoms with E-state index in [9.17, 15) is 9.18 Å². The number of nitrogens with two attached hydrogens (primary N) is 1. The Bertz CT molecular complexity index is 798. The summed E-state index contributed by atoms with van der Waals surface area (Å²) < 4.78 is 12.1. The second-order valence-electron chi connectivity index (χ2n) is 4.64. The number of rotatable bonds is 2. The molecular formula is C17H18FN5O2. The van der Waals surface area contributed by atoms with Crippen LogP contribution < -0.4 is 17.4 Å². The normalized spacial score (nSPS) is 9.20. The molecule has 7 N–H and O–H groups in total. The molecule has 3 aromatic rings. The highest BCUT2D eigenvalue weighted by atomic mass is 19.1. The Morgan fingerprint density at radius 3 is 2.44 bits per heavy atom. The monoisotopic (exact) mass is 343 g/mol. The summed E-state index contributed by atoms with van der Waals surface area (Å²) in [5.74, 6) is -0.848. The molecular weight excluding hydrogens is 325 g/mol. The summed E-state index contributed by atoms with van der Waals surface area (Å²) in [5.41, 5.74) is 8.94. The van der Waals surface area contributed by atoms with Crippen molar-refractivity contribution in [2.75, 3.05) is 5.73 Å². The van der Waals surface area contributed by atoms with Gasteiger partial charge in [-0.3, -0.25) is 10.0 Å². The summed E-state index contributed by atoms with van der Waals surface area (Å²) in [6.07, 6.45) is 3.00. The van der Waals surface area contributed by atoms with Gasteiger partial charge in [-0.2, -0.15) is 0 Å². The molecule has 0 atom stereocenters. The van der Waals surface area contributed by atoms with Crippen molar-refractivity contribution in [3.8, 4) is 11.3 Å². The largest absolute Gasteiger partial charge is 0.399 e. The Kier molecular flexibility index (Phi) is 7.64. The molecule has 130 valence electrons. The topological polar surface area (TPSA) is 136 Å². The van der Waals surface area contributed by atoms with Gasteiger partial charge in [0.1, 0.15) is 12.1 Å². The molecule has 0 aliphatic heterocycles. The number of nitrogens with zero attached hydrogens (tertiary/aromatic N) is 2. The number of benzene rings is 2. The smallest absolute Gasteiger partial charge is 0.275 e. The van der Waals surface area contributed by atoms with E-state index in [0.717, 1.165) is 0 Å². The SMILES string of the molecule is N.Nc1cccc(F)c1.O=C(NO)c1ccccc1-c1ccncn1. The zero-order valence-corrected chi connectivity index (χ0v) is 13.3. The van der Waals surface area contributed by atoms with Gasteiger partial charge in [0, 0.05) is 17.4 Å². The molecule has 1 aromatic heterocycles. The van der Waals surface area contributed by atoms with E-state index in [1.165, 1.54) is 18.5 Å². The minimum absolute atomic E-state index is 0. The fraction of sp³-hybridized carbons (Fsp3) is 0. The van der Waals surface area contributed by atoms with Crippen LogP contribution in [0.3, 0.4) is 0 Å². The molecule has 0 unspecified atom stereocenters. The van der Waals surface area contributed by atoms with Crippen LogP contribution >= 0.6 is 0 Å². The number of aromatic nitrogens is 2. The van der Waals surface area contributed by atoms with Crippen LogP contribution in [0.15, 0.2) is 67.1 Å². The first-order valence-corrected chi connectivity index (χ1v) is 6.92. The van der Waals surface area contributed by atoms with E-state index in [4.69, 9.17) is 10.9 Å². The molecule has 7 nitrogen and oxygen atoms in total. The van der Waals surface area contributed by atoms with Crippen LogP contribution in [-0.2, 0) is 0 Å². The standard InChI is InChI=1S/C11H9N3O2.C6H6FN.H3N/c15-11(14-16)9-4-2-1-3-8(9)10-5-6-12-7-13-10;7-5-2-1-3-6(8)4-5;/h1-7,16H,(H,14,15);1-4H,8H2;1H3. The number of carbonyl (C=O) groups is 1. The Labute approximate surface area is 143 Å². The van der Waals surface area contributed by atoms with Gasteiger partial charge in [-0.25, -0.2) is 19.8 Å². The van der Waals surface area contributed by atoms with Crippen molar-refractivity contribution in [2.24, 2.45) is 0 Å². The van der Waals surface area contributed by atoms with E-state index in [1.807, 2.05) is 0 Å². The third kappa shape index (κ3) is 5.65. The van der Waals surface area contributed by atoms with Crippen LogP contribution in [-0.4, -0.2) is 21.1 Å². The summed E-state index contributed by atoms with van der Waals surface area (Å²) in [6.45, 7) is 0. The first kappa shape index (κ1) is 19.7. The van der Waals surface area contributed by atoms with E-state index in [0.29, 0.717) is 22.5 Å². The lowest BCUT2D eigenvalue weighted by atomic mass is 10.0. The number of amides is 1. The predicted molar refractivity (Wildman–Crippen MR) is 92.6 cm³/mol. The number of anilines is 1. The van der Waals surface area contributed by atoms with Crippen molar-refractivity contribution in [3.63, 3.8) is 0 Å². The Balaban J connectivity index is 0.000000295. The van der Waals surface area contributed by atoms with E-state index in [-0.39, 0.29) is 12.0 Å². The predicted octanol–water partition coefficient (Wildman–Crippen LogP) is 2.83. The molecule has 2 aromatic carbocycles. The number of halogens is 1. The molecule has 1 amide bonds. The number of hydrogen-bond donors (Lipinski definition) is 4. The first-order chi connectivity index (χ1) is 11.6. The number of nitrogen functional groups attached to an aromatic ring is 1. The second-order valence-corrected chi connectivity index (χ2v) is 4.64. The van der Waals surface area contributed by atoms with Crippen LogP contribution in [0.2, 0.25) is 0 Å². The fourth-order valence-electron chi connectivity index (χ4n) is 1.92. The van der Waals surface area contributed by atoms with E-state index in [2.05, 4.69) is 9.97 Å². The van der Waals surface area contributed by atoms with Crippen molar-refractivity contribution >= 4 is 11.6 Å². The zero-order chi connectivity index (χ0) is 17.4. The van der Waals surface area contributed by atoms with Gasteiger partial charge in [-0.1, -0.05) is 24.3 Å². The third-order valence-electron chi connectivity index (χ3n) is 2.98. The second kappa shape index (κ2) is 9.71. The maximum atomic E-state index is 12.1. The number of nitrogens with one attached hydrogen (secondary N) is 1. The van der Waals surface area contributed by atoms with Crippen LogP contribution in [0.5, 0.6) is 0 Å². The van der Waals surface area contributed by atoms with Gasteiger partial charge in [0.15, 0.2) is 0 Å². The van der Waals surface area contributed by atoms with Gasteiger partial charge < -0.3 is 11.9 Å². The molecule has 0 fully saturated rings. The molecule has 8 heteroatoms. The minimum atomic E-state index is -0.561. The Morgan fingerprint density at radius 2 is 1.88 bits per heavy atom. The zero-order valence-electron chi connectivity index (χ0n) is 13.3. The van der Waals surface area contributed by atoms with Crippen LogP contribution in [0, 0.1) is 5.82 Å². The molecule has 0 spiro atoms. The highest BCUT2D eigenvalue weighted by Crippen LogP contribution is 2.20. The van der Waals surface area contributed by atoms with E-state index >= 15 is 0 Å². The summed E-state index contributed by atoms with van der Waals surface area (Å²) >= 11 is 0. The van der Waals surface area contributed by atoms with Crippen molar-refractivity contribution in [1.29, 1.82) is 0 Å². The molecule has 3 rings (SSSR count). The molecule has 0 aliphatic rings. The molecule has 0 aliphatic carbocycles. The quantitative estimate of drug-likeness (QED) is 0.321. The molecule has 0 saturated carbocycles. The van der Waals surface area contributed by atoms with Gasteiger partial charge in [0.25, 0.3) is 5.91 Å². The lowest BCUT2D eigenvalue weighted by molar-refractivity contribution is 0.0707. The van der Waals surface area contributed by atoms with Crippen molar-refractivity contribution in [2.45, 2.75) is 0 Å². The molecule has 0 saturated heterocycles. The molecule has 1 heterocycles. The first-order valence-electron chi connectivity index (χ1n) is 6.92. The van der Waals surface area contributed by atoms with Crippen molar-refractivity contribution in [3.05, 3.63) is 78.5 Å². The summed E-state index contributed by atoms with van der Waals surface area (Å²) in [5, 5.41) is 8.63. The summed E-state index contributed by atoms with van der Waals surface area (Å²) in [7, 11) is 0. The van der Waals surface area contributed by atoms with Crippen LogP contribution in [0.25, 0.3) is 11.3 Å². The maximum absolute atomic E-state index is 12.1. The lowest BCUT2D eigenvalue weighted by Gasteiger charge is -2.06. The average molecular weight is 343 g/mol. The molecule has 0 radical (unpaired) electrons. The van der Waals surface area contributed by atoms with Crippen LogP contribution in [0.4, 0.5) is 10.1 Å². The fourth-order valence-corrected chi connectivity index (χ4v) is 1.92. The van der Waals surface area contributed by atoms with E-state index in [1.54, 1.807) is 54.1 Å². The van der Waals surface area contributed by atoms with E-state index < -0.39 is 5.91 Å². The third-order valence-corrected chi connectivity index (χ3v) is 2.98. The highest BCUT2D eigenvalue weighted by Gasteiger charge is 2.11. The van der Waals surface area contributed by atoms with Crippen molar-refractivity contribution < 1.29 is 14.4 Å². The minimum Gasteiger partial charge on any atom is -0.399 e. The Morgan fingerprint density at radius 1 is 1.12 bits per heavy atom. The van der Waals surface area contributed by atoms with Gasteiger partial charge >= 0.3 is 0 Å². The van der Waals surface area contributed by atoms with Gasteiger partial charge in [0.2, 0.25) is 0 Å². The van der Waals surface area contributed by atoms with Crippen LogP contribution in [0.1, 0.15) is 10.4 Å². The maximum Gasteiger partial charge on any atom is 0.275 e. The Hall–Kier alpha value is -3.36. The number of carbonyl (C=O) groups excluding carboxylic acids is 1. The average Bonchev–Trinajstić information content (AvgIpc) is 2.62. The number of hydroxylamine groups is 1. The van der Waals surface area contributed by atoms with Gasteiger partial charge in [-0.15, -0.1) is 0 Å². The molecule has 0 bridgehead atoms. The highest BCUT2D eigenvalue weighted by molar-refractivity contribution is 5.99. The van der Waals surface area contributed by atoms with Crippen molar-refractivity contribution in [1.82, 2.24) is 21.6 Å². The van der Waals surface area contributed by atoms with Gasteiger partial charge in [-0.05, 0) is 30.3 Å². The molecule has 25 heavy (non-hydrogen) atoms. The van der Waals surface area contributed by atoms with Gasteiger partial charge in [0.05, 0.1) is 11.3 Å².